The highest BCUT2D eigenvalue weighted by Crippen LogP contribution is 2.31. The Hall–Kier alpha value is -3.48. The number of nitro groups is 1. The molecule has 3 aromatic rings. The van der Waals surface area contributed by atoms with E-state index in [9.17, 15) is 19.7 Å². The molecule has 0 bridgehead atoms. The molecule has 7 heteroatoms. The summed E-state index contributed by atoms with van der Waals surface area (Å²) in [6.07, 6.45) is 0.773. The summed E-state index contributed by atoms with van der Waals surface area (Å²) in [7, 11) is 0. The zero-order valence-electron chi connectivity index (χ0n) is 13.8. The van der Waals surface area contributed by atoms with Crippen molar-refractivity contribution in [2.75, 3.05) is 0 Å². The lowest BCUT2D eigenvalue weighted by Crippen LogP contribution is -2.21. The van der Waals surface area contributed by atoms with Gasteiger partial charge in [0.1, 0.15) is 5.58 Å². The summed E-state index contributed by atoms with van der Waals surface area (Å²) < 4.78 is 5.69. The molecule has 1 aliphatic heterocycles. The van der Waals surface area contributed by atoms with Crippen LogP contribution in [-0.4, -0.2) is 10.8 Å². The fourth-order valence-electron chi connectivity index (χ4n) is 3.21. The predicted molar refractivity (Wildman–Crippen MR) is 94.3 cm³/mol. The molecule has 0 spiro atoms. The second-order valence-corrected chi connectivity index (χ2v) is 6.11. The maximum absolute atomic E-state index is 13.0. The van der Waals surface area contributed by atoms with Gasteiger partial charge in [-0.2, -0.15) is 0 Å². The number of amides is 1. The van der Waals surface area contributed by atoms with Crippen LogP contribution >= 0.6 is 0 Å². The smallest absolute Gasteiger partial charge is 0.288 e. The molecule has 0 saturated heterocycles. The summed E-state index contributed by atoms with van der Waals surface area (Å²) >= 11 is 0. The average molecular weight is 350 g/mol. The first kappa shape index (κ1) is 16.0. The summed E-state index contributed by atoms with van der Waals surface area (Å²) in [4.78, 5) is 35.6. The van der Waals surface area contributed by atoms with E-state index in [4.69, 9.17) is 4.42 Å². The fraction of sp³-hybridized carbons (Fsp3) is 0.158. The molecular weight excluding hydrogens is 336 g/mol. The van der Waals surface area contributed by atoms with Crippen molar-refractivity contribution >= 4 is 22.6 Å². The van der Waals surface area contributed by atoms with Gasteiger partial charge in [-0.3, -0.25) is 19.7 Å². The van der Waals surface area contributed by atoms with Crippen LogP contribution in [0.5, 0.6) is 0 Å². The van der Waals surface area contributed by atoms with E-state index in [0.29, 0.717) is 16.5 Å². The molecule has 0 aliphatic carbocycles. The normalized spacial score (nSPS) is 15.7. The summed E-state index contributed by atoms with van der Waals surface area (Å²) in [6, 6.07) is 10.4. The van der Waals surface area contributed by atoms with E-state index < -0.39 is 16.9 Å². The van der Waals surface area contributed by atoms with E-state index in [1.54, 1.807) is 12.1 Å². The van der Waals surface area contributed by atoms with Crippen LogP contribution < -0.4 is 10.7 Å². The number of carbonyl (C=O) groups excluding carboxylic acids is 1. The first-order valence-corrected chi connectivity index (χ1v) is 8.14. The van der Waals surface area contributed by atoms with Gasteiger partial charge in [0.2, 0.25) is 5.76 Å². The van der Waals surface area contributed by atoms with Crippen LogP contribution in [0.15, 0.2) is 51.7 Å². The lowest BCUT2D eigenvalue weighted by molar-refractivity contribution is -0.384. The fourth-order valence-corrected chi connectivity index (χ4v) is 3.21. The molecule has 26 heavy (non-hydrogen) atoms. The number of nitro benzene ring substituents is 1. The lowest BCUT2D eigenvalue weighted by Gasteiger charge is -2.11. The molecule has 2 heterocycles. The van der Waals surface area contributed by atoms with Crippen LogP contribution in [0.25, 0.3) is 11.0 Å². The van der Waals surface area contributed by atoms with Gasteiger partial charge < -0.3 is 9.73 Å². The number of hydrogen-bond donors (Lipinski definition) is 1. The molecule has 1 atom stereocenters. The molecule has 1 aromatic heterocycles. The van der Waals surface area contributed by atoms with Crippen LogP contribution in [0.1, 0.15) is 40.2 Å². The van der Waals surface area contributed by atoms with Crippen LogP contribution in [0.4, 0.5) is 5.69 Å². The van der Waals surface area contributed by atoms with E-state index in [2.05, 4.69) is 5.32 Å². The van der Waals surface area contributed by atoms with E-state index in [1.165, 1.54) is 24.3 Å². The second-order valence-electron chi connectivity index (χ2n) is 6.11. The summed E-state index contributed by atoms with van der Waals surface area (Å²) in [5, 5.41) is 14.0. The maximum Gasteiger partial charge on any atom is 0.288 e. The van der Waals surface area contributed by atoms with E-state index in [0.717, 1.165) is 12.0 Å². The zero-order chi connectivity index (χ0) is 18.4. The van der Waals surface area contributed by atoms with Crippen molar-refractivity contribution < 1.29 is 14.1 Å². The number of benzene rings is 2. The van der Waals surface area contributed by atoms with Crippen LogP contribution in [0.3, 0.4) is 0 Å². The van der Waals surface area contributed by atoms with Crippen molar-refractivity contribution in [2.24, 2.45) is 0 Å². The molecule has 0 fully saturated rings. The van der Waals surface area contributed by atoms with Gasteiger partial charge in [-0.25, -0.2) is 0 Å². The first-order valence-electron chi connectivity index (χ1n) is 8.14. The highest BCUT2D eigenvalue weighted by atomic mass is 16.6. The number of hydrogen-bond acceptors (Lipinski definition) is 5. The van der Waals surface area contributed by atoms with E-state index >= 15 is 0 Å². The van der Waals surface area contributed by atoms with E-state index in [-0.39, 0.29) is 22.4 Å². The Morgan fingerprint density at radius 2 is 1.88 bits per heavy atom. The van der Waals surface area contributed by atoms with Crippen molar-refractivity contribution in [3.8, 4) is 0 Å². The average Bonchev–Trinajstić information content (AvgIpc) is 2.98. The number of non-ortho nitro benzene ring substituents is 1. The molecule has 7 nitrogen and oxygen atoms in total. The second kappa shape index (κ2) is 5.80. The molecule has 2 aromatic carbocycles. The SMILES string of the molecule is CCc1ccc2oc3c(c(=O)c2c1)C(c1ccc([N+](=O)[O-])cc1)NC3=O. The van der Waals surface area contributed by atoms with Gasteiger partial charge in [-0.15, -0.1) is 0 Å². The Balaban J connectivity index is 1.90. The summed E-state index contributed by atoms with van der Waals surface area (Å²) in [5.74, 6) is -0.475. The Kier molecular flexibility index (Phi) is 3.57. The third-order valence-corrected chi connectivity index (χ3v) is 4.61. The monoisotopic (exact) mass is 350 g/mol. The number of fused-ring (bicyclic) bond motifs is 2. The van der Waals surface area contributed by atoms with E-state index in [1.807, 2.05) is 13.0 Å². The Labute approximate surface area is 147 Å². The first-order chi connectivity index (χ1) is 12.5. The number of nitrogens with one attached hydrogen (secondary N) is 1. The molecule has 1 unspecified atom stereocenters. The Morgan fingerprint density at radius 1 is 1.15 bits per heavy atom. The largest absolute Gasteiger partial charge is 0.450 e. The van der Waals surface area contributed by atoms with Gasteiger partial charge in [-0.05, 0) is 41.8 Å². The number of rotatable bonds is 3. The maximum atomic E-state index is 13.0. The topological polar surface area (TPSA) is 102 Å². The minimum absolute atomic E-state index is 0.00454. The van der Waals surface area contributed by atoms with Crippen molar-refractivity contribution in [1.82, 2.24) is 5.32 Å². The van der Waals surface area contributed by atoms with Gasteiger partial charge in [0.25, 0.3) is 11.6 Å². The molecule has 0 saturated carbocycles. The van der Waals surface area contributed by atoms with Crippen LogP contribution in [0, 0.1) is 10.1 Å². The van der Waals surface area contributed by atoms with Gasteiger partial charge in [0.15, 0.2) is 5.43 Å². The highest BCUT2D eigenvalue weighted by molar-refractivity contribution is 5.99. The lowest BCUT2D eigenvalue weighted by atomic mass is 9.98. The third-order valence-electron chi connectivity index (χ3n) is 4.61. The summed E-state index contributed by atoms with van der Waals surface area (Å²) in [5.41, 5.74) is 1.86. The number of aryl methyl sites for hydroxylation is 1. The standard InChI is InChI=1S/C19H14N2O5/c1-2-10-3-8-14-13(9-10)17(22)15-16(20-19(23)18(15)26-14)11-4-6-12(7-5-11)21(24)25/h3-9,16H,2H2,1H3,(H,20,23). The van der Waals surface area contributed by atoms with Crippen molar-refractivity contribution in [1.29, 1.82) is 0 Å². The molecule has 1 aliphatic rings. The highest BCUT2D eigenvalue weighted by Gasteiger charge is 2.36. The number of carbonyl (C=O) groups is 1. The Bertz CT molecular complexity index is 1120. The van der Waals surface area contributed by atoms with Gasteiger partial charge in [-0.1, -0.05) is 13.0 Å². The van der Waals surface area contributed by atoms with Crippen molar-refractivity contribution in [2.45, 2.75) is 19.4 Å². The molecule has 4 rings (SSSR count). The van der Waals surface area contributed by atoms with Gasteiger partial charge in [0, 0.05) is 12.1 Å². The number of nitrogens with zero attached hydrogens (tertiary/aromatic N) is 1. The van der Waals surface area contributed by atoms with Crippen molar-refractivity contribution in [3.63, 3.8) is 0 Å². The van der Waals surface area contributed by atoms with Crippen LogP contribution in [-0.2, 0) is 6.42 Å². The van der Waals surface area contributed by atoms with Gasteiger partial charge >= 0.3 is 0 Å². The quantitative estimate of drug-likeness (QED) is 0.577. The molecule has 1 N–H and O–H groups in total. The molecular formula is C19H14N2O5. The van der Waals surface area contributed by atoms with Crippen molar-refractivity contribution in [3.05, 3.63) is 85.3 Å². The molecule has 130 valence electrons. The molecule has 1 amide bonds. The summed E-state index contributed by atoms with van der Waals surface area (Å²) in [6.45, 7) is 1.99. The minimum Gasteiger partial charge on any atom is -0.450 e. The molecule has 0 radical (unpaired) electrons. The zero-order valence-corrected chi connectivity index (χ0v) is 13.8. The third kappa shape index (κ3) is 2.36. The van der Waals surface area contributed by atoms with Crippen LogP contribution in [0.2, 0.25) is 0 Å². The van der Waals surface area contributed by atoms with Gasteiger partial charge in [0.05, 0.1) is 21.9 Å². The Morgan fingerprint density at radius 3 is 2.54 bits per heavy atom. The minimum atomic E-state index is -0.691. The predicted octanol–water partition coefficient (Wildman–Crippen LogP) is 3.10.